The Morgan fingerprint density at radius 1 is 0.372 bits per heavy atom. The molecule has 1 heterocycles. The summed E-state index contributed by atoms with van der Waals surface area (Å²) in [4.78, 5) is 0. The Bertz CT molecular complexity index is 2480. The number of hydrogen-bond donors (Lipinski definition) is 0. The fourth-order valence-corrected chi connectivity index (χ4v) is 9.40. The molecule has 0 saturated carbocycles. The summed E-state index contributed by atoms with van der Waals surface area (Å²) in [6, 6.07) is 44.5. The molecule has 0 aliphatic carbocycles. The van der Waals surface area contributed by atoms with Gasteiger partial charge in [-0.25, -0.2) is 0 Å². The van der Waals surface area contributed by atoms with Crippen LogP contribution >= 0.6 is 0 Å². The minimum atomic E-state index is -0.171. The van der Waals surface area contributed by atoms with Gasteiger partial charge in [0.25, 0.3) is 0 Å². The quantitative estimate of drug-likeness (QED) is 0.133. The van der Waals surface area contributed by atoms with E-state index in [0.29, 0.717) is 21.5 Å². The van der Waals surface area contributed by atoms with Crippen LogP contribution in [0.4, 0.5) is 8.78 Å². The molecule has 0 fully saturated rings. The SMILES string of the molecule is Fc1c2ccccc2c(-c2ccc3c(c2)[se]c2cccc(-c4c5ccccc5c(F)c5ccccc45)c23)c2ccccc12. The molecule has 3 heteroatoms. The second kappa shape index (κ2) is 9.34. The van der Waals surface area contributed by atoms with E-state index in [4.69, 9.17) is 0 Å². The maximum absolute atomic E-state index is 15.7. The molecule has 1 aromatic heterocycles. The average molecular weight is 620 g/mol. The van der Waals surface area contributed by atoms with Crippen molar-refractivity contribution in [2.75, 3.05) is 0 Å². The molecule has 0 bridgehead atoms. The minimum absolute atomic E-state index is 0.0912. The van der Waals surface area contributed by atoms with E-state index in [0.717, 1.165) is 43.8 Å². The van der Waals surface area contributed by atoms with Crippen LogP contribution in [-0.4, -0.2) is 14.5 Å². The van der Waals surface area contributed by atoms with E-state index in [1.165, 1.54) is 19.3 Å². The van der Waals surface area contributed by atoms with Gasteiger partial charge in [-0.1, -0.05) is 0 Å². The maximum atomic E-state index is 15.7. The van der Waals surface area contributed by atoms with Crippen molar-refractivity contribution >= 4 is 76.9 Å². The summed E-state index contributed by atoms with van der Waals surface area (Å²) in [5.74, 6) is -0.341. The van der Waals surface area contributed by atoms with Crippen LogP contribution in [0.5, 0.6) is 0 Å². The molecule has 0 aliphatic rings. The van der Waals surface area contributed by atoms with Crippen molar-refractivity contribution in [1.82, 2.24) is 0 Å². The molecule has 0 unspecified atom stereocenters. The Morgan fingerprint density at radius 2 is 0.837 bits per heavy atom. The summed E-state index contributed by atoms with van der Waals surface area (Å²) >= 11 is 0.0912. The van der Waals surface area contributed by atoms with Crippen LogP contribution in [0.3, 0.4) is 0 Å². The monoisotopic (exact) mass is 620 g/mol. The number of rotatable bonds is 2. The number of benzene rings is 8. The molecule has 0 radical (unpaired) electrons. The summed E-state index contributed by atoms with van der Waals surface area (Å²) in [6.45, 7) is 0. The zero-order chi connectivity index (χ0) is 28.7. The molecule has 0 nitrogen and oxygen atoms in total. The van der Waals surface area contributed by atoms with Gasteiger partial charge in [0.1, 0.15) is 0 Å². The van der Waals surface area contributed by atoms with E-state index < -0.39 is 0 Å². The molecular formula is C40H22F2Se. The molecule has 0 spiro atoms. The predicted octanol–water partition coefficient (Wildman–Crippen LogP) is 11.3. The van der Waals surface area contributed by atoms with Crippen molar-refractivity contribution < 1.29 is 8.78 Å². The molecule has 0 amide bonds. The predicted molar refractivity (Wildman–Crippen MR) is 179 cm³/mol. The molecule has 202 valence electrons. The van der Waals surface area contributed by atoms with Gasteiger partial charge in [-0.2, -0.15) is 0 Å². The van der Waals surface area contributed by atoms with E-state index >= 15 is 8.78 Å². The third kappa shape index (κ3) is 3.53. The number of halogens is 2. The van der Waals surface area contributed by atoms with E-state index in [2.05, 4.69) is 36.4 Å². The Labute approximate surface area is 252 Å². The second-order valence-electron chi connectivity index (χ2n) is 11.1. The Kier molecular flexibility index (Phi) is 5.38. The van der Waals surface area contributed by atoms with Crippen LogP contribution in [0.15, 0.2) is 133 Å². The van der Waals surface area contributed by atoms with E-state index in [9.17, 15) is 0 Å². The molecule has 43 heavy (non-hydrogen) atoms. The Hall–Kier alpha value is -4.82. The van der Waals surface area contributed by atoms with Gasteiger partial charge in [0, 0.05) is 0 Å². The summed E-state index contributed by atoms with van der Waals surface area (Å²) in [7, 11) is 0. The van der Waals surface area contributed by atoms with Crippen molar-refractivity contribution in [3.8, 4) is 22.3 Å². The van der Waals surface area contributed by atoms with Crippen LogP contribution in [0, 0.1) is 11.6 Å². The van der Waals surface area contributed by atoms with Crippen LogP contribution < -0.4 is 0 Å². The van der Waals surface area contributed by atoms with Crippen molar-refractivity contribution in [3.63, 3.8) is 0 Å². The first-order valence-electron chi connectivity index (χ1n) is 14.3. The van der Waals surface area contributed by atoms with Gasteiger partial charge in [0.05, 0.1) is 0 Å². The van der Waals surface area contributed by atoms with Gasteiger partial charge >= 0.3 is 253 Å². The Morgan fingerprint density at radius 3 is 1.35 bits per heavy atom. The number of fused-ring (bicyclic) bond motifs is 7. The zero-order valence-electron chi connectivity index (χ0n) is 22.9. The first kappa shape index (κ1) is 24.7. The van der Waals surface area contributed by atoms with Crippen molar-refractivity contribution in [2.24, 2.45) is 0 Å². The van der Waals surface area contributed by atoms with Crippen LogP contribution in [0.25, 0.3) is 84.6 Å². The average Bonchev–Trinajstić information content (AvgIpc) is 3.44. The molecule has 0 N–H and O–H groups in total. The number of hydrogen-bond acceptors (Lipinski definition) is 0. The van der Waals surface area contributed by atoms with Gasteiger partial charge in [0.15, 0.2) is 0 Å². The summed E-state index contributed by atoms with van der Waals surface area (Å²) < 4.78 is 33.9. The van der Waals surface area contributed by atoms with E-state index in [1.54, 1.807) is 0 Å². The van der Waals surface area contributed by atoms with Crippen molar-refractivity contribution in [3.05, 3.63) is 145 Å². The van der Waals surface area contributed by atoms with Crippen LogP contribution in [0.1, 0.15) is 0 Å². The molecule has 0 atom stereocenters. The van der Waals surface area contributed by atoms with Gasteiger partial charge in [0.2, 0.25) is 0 Å². The van der Waals surface area contributed by atoms with Crippen molar-refractivity contribution in [2.45, 2.75) is 0 Å². The standard InChI is InChI=1S/C40H22F2Se/c41-39-28-14-5-1-10-24(28)36(25-11-2-6-15-29(25)39)23-20-21-32-35(22-23)43-34-19-9-18-33(38(32)34)37-26-12-3-7-16-30(26)40(42)31-17-8-4-13-27(31)37/h1-22H. The third-order valence-electron chi connectivity index (χ3n) is 8.79. The normalized spacial score (nSPS) is 12.0. The van der Waals surface area contributed by atoms with E-state index in [-0.39, 0.29) is 26.1 Å². The van der Waals surface area contributed by atoms with Gasteiger partial charge in [-0.15, -0.1) is 0 Å². The molecule has 8 aromatic carbocycles. The summed E-state index contributed by atoms with van der Waals surface area (Å²) in [5.41, 5.74) is 4.38. The first-order valence-corrected chi connectivity index (χ1v) is 16.0. The zero-order valence-corrected chi connectivity index (χ0v) is 24.6. The fourth-order valence-electron chi connectivity index (χ4n) is 6.94. The van der Waals surface area contributed by atoms with Crippen LogP contribution in [-0.2, 0) is 0 Å². The van der Waals surface area contributed by atoms with Crippen molar-refractivity contribution in [1.29, 1.82) is 0 Å². The fraction of sp³-hybridized carbons (Fsp3) is 0. The molecule has 0 aliphatic heterocycles. The molecular weight excluding hydrogens is 597 g/mol. The van der Waals surface area contributed by atoms with E-state index in [1.807, 2.05) is 97.1 Å². The third-order valence-corrected chi connectivity index (χ3v) is 11.1. The van der Waals surface area contributed by atoms with Gasteiger partial charge in [-0.3, -0.25) is 0 Å². The van der Waals surface area contributed by atoms with Gasteiger partial charge in [-0.05, 0) is 0 Å². The van der Waals surface area contributed by atoms with Gasteiger partial charge < -0.3 is 0 Å². The molecule has 9 rings (SSSR count). The topological polar surface area (TPSA) is 0 Å². The Balaban J connectivity index is 1.36. The molecule has 0 saturated heterocycles. The first-order chi connectivity index (χ1) is 21.2. The van der Waals surface area contributed by atoms with Crippen LogP contribution in [0.2, 0.25) is 0 Å². The second-order valence-corrected chi connectivity index (χ2v) is 13.3. The summed E-state index contributed by atoms with van der Waals surface area (Å²) in [5, 5.41) is 8.72. The molecule has 9 aromatic rings. The summed E-state index contributed by atoms with van der Waals surface area (Å²) in [6.07, 6.45) is 0.